The average Bonchev–Trinajstić information content (AvgIpc) is 2.65. The van der Waals surface area contributed by atoms with Crippen LogP contribution in [0.1, 0.15) is 19.4 Å². The van der Waals surface area contributed by atoms with Gasteiger partial charge in [0.1, 0.15) is 12.3 Å². The number of halogens is 1. The number of nitrogens with one attached hydrogen (secondary N) is 1. The average molecular weight is 482 g/mol. The number of carbonyl (C=O) groups is 1. The summed E-state index contributed by atoms with van der Waals surface area (Å²) in [6.45, 7) is 4.41. The molecule has 7 nitrogen and oxygen atoms in total. The van der Waals surface area contributed by atoms with E-state index in [1.54, 1.807) is 24.3 Å². The fourth-order valence-corrected chi connectivity index (χ4v) is 3.39. The molecule has 1 N–H and O–H groups in total. The molecule has 0 saturated heterocycles. The van der Waals surface area contributed by atoms with Crippen LogP contribution in [0.3, 0.4) is 0 Å². The van der Waals surface area contributed by atoms with Gasteiger partial charge in [0.2, 0.25) is 10.0 Å². The lowest BCUT2D eigenvalue weighted by atomic mass is 10.2. The summed E-state index contributed by atoms with van der Waals surface area (Å²) in [4.78, 5) is 12.2. The molecule has 1 amide bonds. The number of rotatable bonds is 9. The summed E-state index contributed by atoms with van der Waals surface area (Å²) in [5.41, 5.74) is 3.52. The van der Waals surface area contributed by atoms with Crippen molar-refractivity contribution < 1.29 is 17.9 Å². The minimum atomic E-state index is -3.63. The predicted molar refractivity (Wildman–Crippen MR) is 119 cm³/mol. The van der Waals surface area contributed by atoms with Gasteiger partial charge in [0, 0.05) is 4.47 Å². The standard InChI is InChI=1S/C20H24BrN3O4S/c1-15(2)14-28-19-10-4-16(5-11-19)12-22-23-20(25)13-24(29(3,26)27)18-8-6-17(21)7-9-18/h4-12,15H,13-14H2,1-3H3,(H,23,25)/b22-12-. The van der Waals surface area contributed by atoms with Gasteiger partial charge in [-0.15, -0.1) is 0 Å². The summed E-state index contributed by atoms with van der Waals surface area (Å²) in [6.07, 6.45) is 2.53. The number of amides is 1. The van der Waals surface area contributed by atoms with Gasteiger partial charge in [-0.25, -0.2) is 13.8 Å². The summed E-state index contributed by atoms with van der Waals surface area (Å²) in [7, 11) is -3.63. The van der Waals surface area contributed by atoms with Crippen LogP contribution < -0.4 is 14.5 Å². The number of hydrogen-bond acceptors (Lipinski definition) is 5. The van der Waals surface area contributed by atoms with E-state index in [0.29, 0.717) is 18.2 Å². The van der Waals surface area contributed by atoms with Crippen LogP contribution in [0.15, 0.2) is 58.1 Å². The van der Waals surface area contributed by atoms with E-state index < -0.39 is 15.9 Å². The summed E-state index contributed by atoms with van der Waals surface area (Å²) < 4.78 is 31.6. The Morgan fingerprint density at radius 1 is 1.17 bits per heavy atom. The number of carbonyl (C=O) groups excluding carboxylic acids is 1. The summed E-state index contributed by atoms with van der Waals surface area (Å²) in [5, 5.41) is 3.89. The van der Waals surface area contributed by atoms with Gasteiger partial charge in [-0.2, -0.15) is 5.10 Å². The molecule has 29 heavy (non-hydrogen) atoms. The Hall–Kier alpha value is -2.39. The van der Waals surface area contributed by atoms with Crippen molar-refractivity contribution in [3.05, 3.63) is 58.6 Å². The molecule has 156 valence electrons. The summed E-state index contributed by atoms with van der Waals surface area (Å²) in [6, 6.07) is 13.9. The molecule has 0 unspecified atom stereocenters. The van der Waals surface area contributed by atoms with Gasteiger partial charge in [0.25, 0.3) is 5.91 Å². The second-order valence-electron chi connectivity index (χ2n) is 6.81. The molecule has 2 aromatic carbocycles. The molecule has 0 aliphatic heterocycles. The Kier molecular flexibility index (Phi) is 8.21. The zero-order chi connectivity index (χ0) is 21.4. The molecule has 2 aromatic rings. The van der Waals surface area contributed by atoms with Crippen LogP contribution in [-0.4, -0.2) is 39.9 Å². The van der Waals surface area contributed by atoms with Crippen LogP contribution in [-0.2, 0) is 14.8 Å². The lowest BCUT2D eigenvalue weighted by molar-refractivity contribution is -0.119. The number of anilines is 1. The number of sulfonamides is 1. The second-order valence-corrected chi connectivity index (χ2v) is 9.64. The molecule has 0 atom stereocenters. The highest BCUT2D eigenvalue weighted by Gasteiger charge is 2.20. The molecule has 0 spiro atoms. The molecule has 0 bridgehead atoms. The highest BCUT2D eigenvalue weighted by Crippen LogP contribution is 2.20. The SMILES string of the molecule is CC(C)COc1ccc(/C=N\NC(=O)CN(c2ccc(Br)cc2)S(C)(=O)=O)cc1. The molecule has 0 aromatic heterocycles. The third-order valence-corrected chi connectivity index (χ3v) is 5.34. The van der Waals surface area contributed by atoms with E-state index >= 15 is 0 Å². The van der Waals surface area contributed by atoms with E-state index in [0.717, 1.165) is 26.3 Å². The van der Waals surface area contributed by atoms with E-state index in [-0.39, 0.29) is 6.54 Å². The maximum atomic E-state index is 12.2. The Morgan fingerprint density at radius 3 is 2.34 bits per heavy atom. The zero-order valence-electron chi connectivity index (χ0n) is 16.5. The van der Waals surface area contributed by atoms with Crippen molar-refractivity contribution in [3.63, 3.8) is 0 Å². The Balaban J connectivity index is 1.95. The Morgan fingerprint density at radius 2 is 1.79 bits per heavy atom. The molecule has 0 heterocycles. The first kappa shape index (κ1) is 22.9. The lowest BCUT2D eigenvalue weighted by Gasteiger charge is -2.21. The Labute approximate surface area is 179 Å². The van der Waals surface area contributed by atoms with E-state index in [2.05, 4.69) is 40.3 Å². The molecule has 0 radical (unpaired) electrons. The normalized spacial score (nSPS) is 11.6. The van der Waals surface area contributed by atoms with Gasteiger partial charge < -0.3 is 4.74 Å². The molecule has 0 aliphatic rings. The van der Waals surface area contributed by atoms with Crippen molar-refractivity contribution in [1.29, 1.82) is 0 Å². The minimum Gasteiger partial charge on any atom is -0.493 e. The van der Waals surface area contributed by atoms with Gasteiger partial charge >= 0.3 is 0 Å². The third kappa shape index (κ3) is 7.86. The number of ether oxygens (including phenoxy) is 1. The number of nitrogens with zero attached hydrogens (tertiary/aromatic N) is 2. The van der Waals surface area contributed by atoms with Crippen molar-refractivity contribution in [1.82, 2.24) is 5.43 Å². The molecule has 9 heteroatoms. The summed E-state index contributed by atoms with van der Waals surface area (Å²) >= 11 is 3.30. The van der Waals surface area contributed by atoms with E-state index in [4.69, 9.17) is 4.74 Å². The summed E-state index contributed by atoms with van der Waals surface area (Å²) in [5.74, 6) is 0.653. The predicted octanol–water partition coefficient (Wildman–Crippen LogP) is 3.40. The highest BCUT2D eigenvalue weighted by atomic mass is 79.9. The van der Waals surface area contributed by atoms with Crippen LogP contribution >= 0.6 is 15.9 Å². The van der Waals surface area contributed by atoms with Gasteiger partial charge in [0.15, 0.2) is 0 Å². The third-order valence-electron chi connectivity index (χ3n) is 3.67. The smallest absolute Gasteiger partial charge is 0.260 e. The van der Waals surface area contributed by atoms with Crippen LogP contribution in [0, 0.1) is 5.92 Å². The monoisotopic (exact) mass is 481 g/mol. The van der Waals surface area contributed by atoms with Crippen molar-refractivity contribution >= 4 is 43.8 Å². The highest BCUT2D eigenvalue weighted by molar-refractivity contribution is 9.10. The van der Waals surface area contributed by atoms with E-state index in [1.165, 1.54) is 6.21 Å². The first-order chi connectivity index (χ1) is 13.6. The number of hydrazone groups is 1. The van der Waals surface area contributed by atoms with Crippen molar-refractivity contribution in [3.8, 4) is 5.75 Å². The first-order valence-corrected chi connectivity index (χ1v) is 11.6. The number of benzene rings is 2. The van der Waals surface area contributed by atoms with Crippen molar-refractivity contribution in [2.75, 3.05) is 23.7 Å². The van der Waals surface area contributed by atoms with E-state index in [1.807, 2.05) is 24.3 Å². The first-order valence-electron chi connectivity index (χ1n) is 8.93. The lowest BCUT2D eigenvalue weighted by Crippen LogP contribution is -2.38. The Bertz CT molecular complexity index is 943. The van der Waals surface area contributed by atoms with Gasteiger partial charge in [-0.1, -0.05) is 29.8 Å². The molecule has 0 fully saturated rings. The van der Waals surface area contributed by atoms with E-state index in [9.17, 15) is 13.2 Å². The van der Waals surface area contributed by atoms with Crippen LogP contribution in [0.5, 0.6) is 5.75 Å². The molecular formula is C20H24BrN3O4S. The second kappa shape index (κ2) is 10.4. The fraction of sp³-hybridized carbons (Fsp3) is 0.300. The molecule has 0 saturated carbocycles. The van der Waals surface area contributed by atoms with Crippen molar-refractivity contribution in [2.45, 2.75) is 13.8 Å². The maximum Gasteiger partial charge on any atom is 0.260 e. The van der Waals surface area contributed by atoms with Crippen LogP contribution in [0.2, 0.25) is 0 Å². The largest absolute Gasteiger partial charge is 0.493 e. The molecular weight excluding hydrogens is 458 g/mol. The van der Waals surface area contributed by atoms with Crippen LogP contribution in [0.4, 0.5) is 5.69 Å². The molecule has 2 rings (SSSR count). The topological polar surface area (TPSA) is 88.1 Å². The quantitative estimate of drug-likeness (QED) is 0.439. The van der Waals surface area contributed by atoms with Gasteiger partial charge in [-0.3, -0.25) is 9.10 Å². The van der Waals surface area contributed by atoms with Crippen molar-refractivity contribution in [2.24, 2.45) is 11.0 Å². The zero-order valence-corrected chi connectivity index (χ0v) is 18.9. The minimum absolute atomic E-state index is 0.375. The fourth-order valence-electron chi connectivity index (χ4n) is 2.26. The van der Waals surface area contributed by atoms with Gasteiger partial charge in [-0.05, 0) is 60.0 Å². The van der Waals surface area contributed by atoms with Crippen LogP contribution in [0.25, 0.3) is 0 Å². The maximum absolute atomic E-state index is 12.2. The van der Waals surface area contributed by atoms with Gasteiger partial charge in [0.05, 0.1) is 24.8 Å². The number of hydrogen-bond donors (Lipinski definition) is 1. The molecule has 0 aliphatic carbocycles.